The van der Waals surface area contributed by atoms with Crippen LogP contribution in [0.2, 0.25) is 5.02 Å². The Bertz CT molecular complexity index is 720. The molecular formula is C13H9ClF2N2O2. The molecule has 20 heavy (non-hydrogen) atoms. The van der Waals surface area contributed by atoms with Crippen molar-refractivity contribution < 1.29 is 18.7 Å². The quantitative estimate of drug-likeness (QED) is 0.892. The molecule has 0 fully saturated rings. The van der Waals surface area contributed by atoms with E-state index in [9.17, 15) is 13.6 Å². The third kappa shape index (κ3) is 2.30. The molecule has 0 bridgehead atoms. The molecule has 0 amide bonds. The number of nitrogens with two attached hydrogens (primary N) is 1. The average Bonchev–Trinajstić information content (AvgIpc) is 2.37. The van der Waals surface area contributed by atoms with Crippen molar-refractivity contribution in [2.75, 3.05) is 5.73 Å². The summed E-state index contributed by atoms with van der Waals surface area (Å²) in [5.41, 5.74) is 3.97. The monoisotopic (exact) mass is 298 g/mol. The summed E-state index contributed by atoms with van der Waals surface area (Å²) in [4.78, 5) is 14.4. The van der Waals surface area contributed by atoms with E-state index in [1.165, 1.54) is 6.07 Å². The van der Waals surface area contributed by atoms with Crippen LogP contribution >= 0.6 is 11.6 Å². The van der Waals surface area contributed by atoms with E-state index < -0.39 is 34.7 Å². The minimum Gasteiger partial charge on any atom is -0.476 e. The minimum absolute atomic E-state index is 0.143. The van der Waals surface area contributed by atoms with Gasteiger partial charge in [0.2, 0.25) is 0 Å². The molecule has 2 aromatic rings. The van der Waals surface area contributed by atoms with Gasteiger partial charge in [0.1, 0.15) is 11.4 Å². The molecule has 0 aliphatic heterocycles. The molecule has 0 atom stereocenters. The van der Waals surface area contributed by atoms with E-state index in [4.69, 9.17) is 22.4 Å². The molecular weight excluding hydrogens is 290 g/mol. The van der Waals surface area contributed by atoms with Crippen LogP contribution in [-0.4, -0.2) is 16.1 Å². The van der Waals surface area contributed by atoms with Crippen LogP contribution in [0, 0.1) is 18.6 Å². The predicted octanol–water partition coefficient (Wildman–Crippen LogP) is 3.27. The highest BCUT2D eigenvalue weighted by atomic mass is 35.5. The fourth-order valence-electron chi connectivity index (χ4n) is 1.69. The van der Waals surface area contributed by atoms with Gasteiger partial charge in [-0.15, -0.1) is 0 Å². The maximum absolute atomic E-state index is 14.0. The van der Waals surface area contributed by atoms with Crippen molar-refractivity contribution in [2.24, 2.45) is 0 Å². The summed E-state index contributed by atoms with van der Waals surface area (Å²) in [6, 6.07) is 4.66. The molecule has 0 saturated carbocycles. The Morgan fingerprint density at radius 1 is 1.35 bits per heavy atom. The Hall–Kier alpha value is -2.21. The highest BCUT2D eigenvalue weighted by Gasteiger charge is 2.24. The summed E-state index contributed by atoms with van der Waals surface area (Å²) < 4.78 is 27.5. The smallest absolute Gasteiger partial charge is 0.357 e. The van der Waals surface area contributed by atoms with Crippen molar-refractivity contribution in [1.29, 1.82) is 0 Å². The van der Waals surface area contributed by atoms with Gasteiger partial charge in [-0.05, 0) is 18.6 Å². The number of pyridine rings is 1. The molecule has 1 heterocycles. The summed E-state index contributed by atoms with van der Waals surface area (Å²) in [5.74, 6) is -4.18. The minimum atomic E-state index is -1.64. The van der Waals surface area contributed by atoms with Crippen LogP contribution < -0.4 is 5.73 Å². The van der Waals surface area contributed by atoms with E-state index in [0.717, 1.165) is 5.56 Å². The summed E-state index contributed by atoms with van der Waals surface area (Å²) in [5, 5.41) is 9.02. The topological polar surface area (TPSA) is 76.2 Å². The van der Waals surface area contributed by atoms with Gasteiger partial charge in [0.15, 0.2) is 17.3 Å². The molecule has 3 N–H and O–H groups in total. The SMILES string of the molecule is Cc1ccc(-c2nc(C(=O)O)c(F)c(N)c2F)c(Cl)c1. The first-order valence-corrected chi connectivity index (χ1v) is 5.85. The van der Waals surface area contributed by atoms with Crippen LogP contribution in [0.15, 0.2) is 18.2 Å². The van der Waals surface area contributed by atoms with Gasteiger partial charge in [-0.2, -0.15) is 0 Å². The van der Waals surface area contributed by atoms with Crippen LogP contribution in [0.1, 0.15) is 16.1 Å². The highest BCUT2D eigenvalue weighted by Crippen LogP contribution is 2.33. The van der Waals surface area contributed by atoms with Crippen molar-refractivity contribution in [3.05, 3.63) is 46.1 Å². The number of carboxylic acid groups (broad SMARTS) is 1. The van der Waals surface area contributed by atoms with Crippen molar-refractivity contribution in [3.8, 4) is 11.3 Å². The molecule has 0 aliphatic rings. The molecule has 0 aliphatic carbocycles. The zero-order valence-corrected chi connectivity index (χ0v) is 11.0. The van der Waals surface area contributed by atoms with Gasteiger partial charge in [0.25, 0.3) is 0 Å². The normalized spacial score (nSPS) is 10.6. The van der Waals surface area contributed by atoms with Gasteiger partial charge < -0.3 is 10.8 Å². The van der Waals surface area contributed by atoms with E-state index in [2.05, 4.69) is 4.98 Å². The van der Waals surface area contributed by atoms with E-state index in [1.807, 2.05) is 0 Å². The number of anilines is 1. The Balaban J connectivity index is 2.77. The van der Waals surface area contributed by atoms with Gasteiger partial charge in [-0.1, -0.05) is 23.7 Å². The zero-order valence-electron chi connectivity index (χ0n) is 10.2. The summed E-state index contributed by atoms with van der Waals surface area (Å²) in [7, 11) is 0. The number of halogens is 3. The number of aryl methyl sites for hydroxylation is 1. The van der Waals surface area contributed by atoms with Crippen LogP contribution in [-0.2, 0) is 0 Å². The molecule has 104 valence electrons. The predicted molar refractivity (Wildman–Crippen MR) is 70.7 cm³/mol. The molecule has 2 rings (SSSR count). The number of nitrogens with zero attached hydrogens (tertiary/aromatic N) is 1. The van der Waals surface area contributed by atoms with Gasteiger partial charge >= 0.3 is 5.97 Å². The van der Waals surface area contributed by atoms with E-state index in [-0.39, 0.29) is 10.6 Å². The average molecular weight is 299 g/mol. The van der Waals surface area contributed by atoms with Crippen LogP contribution in [0.4, 0.5) is 14.5 Å². The Kier molecular flexibility index (Phi) is 3.59. The number of aromatic nitrogens is 1. The lowest BCUT2D eigenvalue weighted by atomic mass is 10.1. The second kappa shape index (κ2) is 5.05. The number of nitrogen functional groups attached to an aromatic ring is 1. The van der Waals surface area contributed by atoms with Crippen LogP contribution in [0.3, 0.4) is 0 Å². The number of aromatic carboxylic acids is 1. The van der Waals surface area contributed by atoms with Gasteiger partial charge in [-0.25, -0.2) is 18.6 Å². The number of hydrogen-bond donors (Lipinski definition) is 2. The number of hydrogen-bond acceptors (Lipinski definition) is 3. The van der Waals surface area contributed by atoms with Gasteiger partial charge in [-0.3, -0.25) is 0 Å². The molecule has 0 spiro atoms. The highest BCUT2D eigenvalue weighted by molar-refractivity contribution is 6.33. The van der Waals surface area contributed by atoms with Crippen molar-refractivity contribution in [1.82, 2.24) is 4.98 Å². The van der Waals surface area contributed by atoms with Gasteiger partial charge in [0, 0.05) is 5.56 Å². The molecule has 7 heteroatoms. The fraction of sp³-hybridized carbons (Fsp3) is 0.0769. The van der Waals surface area contributed by atoms with Crippen LogP contribution in [0.5, 0.6) is 0 Å². The standard InChI is InChI=1S/C13H9ClF2N2O2/c1-5-2-3-6(7(14)4-5)11-8(15)10(17)9(16)12(18-11)13(19)20/h2-4H,1H3,(H2,17,18)(H,19,20). The maximum atomic E-state index is 14.0. The molecule has 0 unspecified atom stereocenters. The Morgan fingerprint density at radius 3 is 2.55 bits per heavy atom. The van der Waals surface area contributed by atoms with E-state index >= 15 is 0 Å². The molecule has 4 nitrogen and oxygen atoms in total. The third-order valence-corrected chi connectivity index (χ3v) is 3.01. The van der Waals surface area contributed by atoms with Crippen molar-refractivity contribution in [2.45, 2.75) is 6.92 Å². The summed E-state index contributed by atoms with van der Waals surface area (Å²) in [6.07, 6.45) is 0. The second-order valence-electron chi connectivity index (χ2n) is 4.14. The molecule has 0 radical (unpaired) electrons. The molecule has 1 aromatic heterocycles. The maximum Gasteiger partial charge on any atom is 0.357 e. The number of benzene rings is 1. The molecule has 1 aromatic carbocycles. The largest absolute Gasteiger partial charge is 0.476 e. The lowest BCUT2D eigenvalue weighted by molar-refractivity contribution is 0.0685. The van der Waals surface area contributed by atoms with Gasteiger partial charge in [0.05, 0.1) is 5.02 Å². The lowest BCUT2D eigenvalue weighted by Crippen LogP contribution is -2.11. The number of carboxylic acids is 1. The third-order valence-electron chi connectivity index (χ3n) is 2.69. The fourth-order valence-corrected chi connectivity index (χ4v) is 2.02. The van der Waals surface area contributed by atoms with Crippen LogP contribution in [0.25, 0.3) is 11.3 Å². The van der Waals surface area contributed by atoms with Crippen molar-refractivity contribution in [3.63, 3.8) is 0 Å². The Morgan fingerprint density at radius 2 is 2.00 bits per heavy atom. The lowest BCUT2D eigenvalue weighted by Gasteiger charge is -2.10. The number of rotatable bonds is 2. The first kappa shape index (κ1) is 14.2. The second-order valence-corrected chi connectivity index (χ2v) is 4.55. The first-order chi connectivity index (χ1) is 9.32. The van der Waals surface area contributed by atoms with E-state index in [0.29, 0.717) is 0 Å². The van der Waals surface area contributed by atoms with Crippen molar-refractivity contribution >= 4 is 23.3 Å². The van der Waals surface area contributed by atoms with E-state index in [1.54, 1.807) is 19.1 Å². The summed E-state index contributed by atoms with van der Waals surface area (Å²) >= 11 is 5.97. The summed E-state index contributed by atoms with van der Waals surface area (Å²) in [6.45, 7) is 1.78. The first-order valence-electron chi connectivity index (χ1n) is 5.47. The zero-order chi connectivity index (χ0) is 15.0. The Labute approximate surface area is 117 Å². The molecule has 0 saturated heterocycles. The number of carbonyl (C=O) groups is 1.